The highest BCUT2D eigenvalue weighted by Gasteiger charge is 2.04. The number of hydrogen-bond acceptors (Lipinski definition) is 2. The van der Waals surface area contributed by atoms with Crippen molar-refractivity contribution in [1.29, 1.82) is 0 Å². The molecule has 2 nitrogen and oxygen atoms in total. The predicted octanol–water partition coefficient (Wildman–Crippen LogP) is 2.61. The molecule has 0 saturated carbocycles. The van der Waals surface area contributed by atoms with Crippen LogP contribution in [0.5, 0.6) is 0 Å². The van der Waals surface area contributed by atoms with Gasteiger partial charge in [0.25, 0.3) is 0 Å². The summed E-state index contributed by atoms with van der Waals surface area (Å²) in [6.45, 7) is 0.683. The first-order valence-corrected chi connectivity index (χ1v) is 5.15. The van der Waals surface area contributed by atoms with Gasteiger partial charge in [-0.3, -0.25) is 4.98 Å². The van der Waals surface area contributed by atoms with Gasteiger partial charge in [-0.05, 0) is 30.8 Å². The summed E-state index contributed by atoms with van der Waals surface area (Å²) < 4.78 is 13.6. The fraction of sp³-hybridized carbons (Fsp3) is 0.154. The van der Waals surface area contributed by atoms with Crippen molar-refractivity contribution >= 4 is 0 Å². The van der Waals surface area contributed by atoms with Gasteiger partial charge in [0.15, 0.2) is 0 Å². The molecule has 3 heteroatoms. The number of nitrogens with one attached hydrogen (secondary N) is 1. The number of hydrogen-bond donors (Lipinski definition) is 1. The van der Waals surface area contributed by atoms with Gasteiger partial charge in [0.2, 0.25) is 0 Å². The lowest BCUT2D eigenvalue weighted by atomic mass is 10.1. The SMILES string of the molecule is CNCc1cc(-c2ccccc2F)ccn1. The molecule has 1 aromatic heterocycles. The third kappa shape index (κ3) is 2.25. The number of rotatable bonds is 3. The lowest BCUT2D eigenvalue weighted by Gasteiger charge is -2.05. The average molecular weight is 216 g/mol. The highest BCUT2D eigenvalue weighted by Crippen LogP contribution is 2.22. The molecular formula is C13H13FN2. The van der Waals surface area contributed by atoms with Crippen LogP contribution in [-0.4, -0.2) is 12.0 Å². The Morgan fingerprint density at radius 2 is 2.06 bits per heavy atom. The molecule has 0 radical (unpaired) electrons. The number of nitrogens with zero attached hydrogens (tertiary/aromatic N) is 1. The Bertz CT molecular complexity index is 483. The number of halogens is 1. The van der Waals surface area contributed by atoms with E-state index in [-0.39, 0.29) is 5.82 Å². The van der Waals surface area contributed by atoms with Crippen LogP contribution >= 0.6 is 0 Å². The highest BCUT2D eigenvalue weighted by atomic mass is 19.1. The van der Waals surface area contributed by atoms with Crippen LogP contribution in [0.4, 0.5) is 4.39 Å². The number of aromatic nitrogens is 1. The second-order valence-corrected chi connectivity index (χ2v) is 3.55. The molecule has 0 bridgehead atoms. The predicted molar refractivity (Wildman–Crippen MR) is 62.4 cm³/mol. The van der Waals surface area contributed by atoms with Crippen LogP contribution in [0.15, 0.2) is 42.6 Å². The van der Waals surface area contributed by atoms with Crippen molar-refractivity contribution in [3.63, 3.8) is 0 Å². The van der Waals surface area contributed by atoms with Gasteiger partial charge in [-0.15, -0.1) is 0 Å². The molecular weight excluding hydrogens is 203 g/mol. The number of benzene rings is 1. The Balaban J connectivity index is 2.40. The third-order valence-electron chi connectivity index (χ3n) is 2.36. The van der Waals surface area contributed by atoms with Gasteiger partial charge in [-0.1, -0.05) is 18.2 Å². The molecule has 0 atom stereocenters. The first-order valence-electron chi connectivity index (χ1n) is 5.15. The van der Waals surface area contributed by atoms with Crippen LogP contribution in [0.3, 0.4) is 0 Å². The maximum Gasteiger partial charge on any atom is 0.131 e. The Labute approximate surface area is 94.2 Å². The van der Waals surface area contributed by atoms with E-state index in [0.717, 1.165) is 11.3 Å². The molecule has 0 aliphatic rings. The lowest BCUT2D eigenvalue weighted by Crippen LogP contribution is -2.06. The monoisotopic (exact) mass is 216 g/mol. The van der Waals surface area contributed by atoms with Gasteiger partial charge in [0.05, 0.1) is 5.69 Å². The maximum absolute atomic E-state index is 13.6. The molecule has 2 aromatic rings. The van der Waals surface area contributed by atoms with Crippen molar-refractivity contribution < 1.29 is 4.39 Å². The van der Waals surface area contributed by atoms with Crippen molar-refractivity contribution in [2.24, 2.45) is 0 Å². The second-order valence-electron chi connectivity index (χ2n) is 3.55. The zero-order chi connectivity index (χ0) is 11.4. The largest absolute Gasteiger partial charge is 0.314 e. The summed E-state index contributed by atoms with van der Waals surface area (Å²) in [5.41, 5.74) is 2.38. The number of pyridine rings is 1. The van der Waals surface area contributed by atoms with E-state index in [1.54, 1.807) is 18.3 Å². The standard InChI is InChI=1S/C13H13FN2/c1-15-9-11-8-10(6-7-16-11)12-4-2-3-5-13(12)14/h2-8,15H,9H2,1H3. The molecule has 0 fully saturated rings. The van der Waals surface area contributed by atoms with Gasteiger partial charge in [0.1, 0.15) is 5.82 Å². The van der Waals surface area contributed by atoms with E-state index in [0.29, 0.717) is 12.1 Å². The molecule has 2 rings (SSSR count). The smallest absolute Gasteiger partial charge is 0.131 e. The first-order chi connectivity index (χ1) is 7.81. The van der Waals surface area contributed by atoms with E-state index < -0.39 is 0 Å². The van der Waals surface area contributed by atoms with Gasteiger partial charge < -0.3 is 5.32 Å². The normalized spacial score (nSPS) is 10.4. The topological polar surface area (TPSA) is 24.9 Å². The van der Waals surface area contributed by atoms with E-state index in [9.17, 15) is 4.39 Å². The average Bonchev–Trinajstić information content (AvgIpc) is 2.30. The van der Waals surface area contributed by atoms with E-state index in [1.807, 2.05) is 25.2 Å². The molecule has 1 heterocycles. The molecule has 0 spiro atoms. The van der Waals surface area contributed by atoms with Gasteiger partial charge in [0, 0.05) is 18.3 Å². The Hall–Kier alpha value is -1.74. The highest BCUT2D eigenvalue weighted by molar-refractivity contribution is 5.63. The van der Waals surface area contributed by atoms with Crippen LogP contribution in [0, 0.1) is 5.82 Å². The molecule has 0 amide bonds. The summed E-state index contributed by atoms with van der Waals surface area (Å²) in [5, 5.41) is 3.02. The minimum absolute atomic E-state index is 0.205. The Kier molecular flexibility index (Phi) is 3.27. The quantitative estimate of drug-likeness (QED) is 0.853. The van der Waals surface area contributed by atoms with Gasteiger partial charge in [-0.2, -0.15) is 0 Å². The van der Waals surface area contributed by atoms with Gasteiger partial charge >= 0.3 is 0 Å². The fourth-order valence-electron chi connectivity index (χ4n) is 1.62. The Morgan fingerprint density at radius 3 is 2.81 bits per heavy atom. The van der Waals surface area contributed by atoms with Crippen LogP contribution in [0.1, 0.15) is 5.69 Å². The summed E-state index contributed by atoms with van der Waals surface area (Å²) in [7, 11) is 1.86. The van der Waals surface area contributed by atoms with Crippen LogP contribution in [0.2, 0.25) is 0 Å². The van der Waals surface area contributed by atoms with Crippen molar-refractivity contribution in [3.8, 4) is 11.1 Å². The van der Waals surface area contributed by atoms with Crippen molar-refractivity contribution in [2.75, 3.05) is 7.05 Å². The Morgan fingerprint density at radius 1 is 1.25 bits per heavy atom. The maximum atomic E-state index is 13.6. The summed E-state index contributed by atoms with van der Waals surface area (Å²) in [4.78, 5) is 4.20. The molecule has 0 unspecified atom stereocenters. The summed E-state index contributed by atoms with van der Waals surface area (Å²) >= 11 is 0. The van der Waals surface area contributed by atoms with Crippen LogP contribution in [-0.2, 0) is 6.54 Å². The molecule has 0 aliphatic heterocycles. The van der Waals surface area contributed by atoms with E-state index in [1.165, 1.54) is 6.07 Å². The molecule has 0 aliphatic carbocycles. The third-order valence-corrected chi connectivity index (χ3v) is 2.36. The molecule has 16 heavy (non-hydrogen) atoms. The fourth-order valence-corrected chi connectivity index (χ4v) is 1.62. The summed E-state index contributed by atoms with van der Waals surface area (Å²) in [5.74, 6) is -0.205. The molecule has 1 N–H and O–H groups in total. The zero-order valence-electron chi connectivity index (χ0n) is 9.07. The van der Waals surface area contributed by atoms with E-state index in [2.05, 4.69) is 10.3 Å². The van der Waals surface area contributed by atoms with Crippen LogP contribution < -0.4 is 5.32 Å². The van der Waals surface area contributed by atoms with Crippen molar-refractivity contribution in [2.45, 2.75) is 6.54 Å². The second kappa shape index (κ2) is 4.86. The van der Waals surface area contributed by atoms with Crippen LogP contribution in [0.25, 0.3) is 11.1 Å². The van der Waals surface area contributed by atoms with Crippen molar-refractivity contribution in [1.82, 2.24) is 10.3 Å². The lowest BCUT2D eigenvalue weighted by molar-refractivity contribution is 0.631. The summed E-state index contributed by atoms with van der Waals surface area (Å²) in [6, 6.07) is 10.5. The molecule has 0 saturated heterocycles. The molecule has 1 aromatic carbocycles. The zero-order valence-corrected chi connectivity index (χ0v) is 9.07. The van der Waals surface area contributed by atoms with E-state index >= 15 is 0 Å². The van der Waals surface area contributed by atoms with Crippen molar-refractivity contribution in [3.05, 3.63) is 54.1 Å². The minimum Gasteiger partial charge on any atom is -0.314 e. The first kappa shape index (κ1) is 10.8. The molecule has 82 valence electrons. The van der Waals surface area contributed by atoms with E-state index in [4.69, 9.17) is 0 Å². The summed E-state index contributed by atoms with van der Waals surface area (Å²) in [6.07, 6.45) is 1.70. The minimum atomic E-state index is -0.205. The van der Waals surface area contributed by atoms with Gasteiger partial charge in [-0.25, -0.2) is 4.39 Å².